The first-order valence-corrected chi connectivity index (χ1v) is 36.1. The molecule has 0 aromatic heterocycles. The topological polar surface area (TPSA) is 78.9 Å². The lowest BCUT2D eigenvalue weighted by Gasteiger charge is -2.18. The summed E-state index contributed by atoms with van der Waals surface area (Å²) >= 11 is 0. The summed E-state index contributed by atoms with van der Waals surface area (Å²) in [5.41, 5.74) is 0. The maximum atomic E-state index is 13.0. The molecule has 1 atom stereocenters. The lowest BCUT2D eigenvalue weighted by atomic mass is 10.0. The molecule has 83 heavy (non-hydrogen) atoms. The first-order valence-electron chi connectivity index (χ1n) is 36.1. The fourth-order valence-corrected chi connectivity index (χ4v) is 10.5. The lowest BCUT2D eigenvalue weighted by molar-refractivity contribution is -0.167. The molecule has 1 unspecified atom stereocenters. The van der Waals surface area contributed by atoms with Crippen molar-refractivity contribution in [3.63, 3.8) is 0 Å². The molecule has 0 aromatic carbocycles. The van der Waals surface area contributed by atoms with Crippen LogP contribution in [0.3, 0.4) is 0 Å². The van der Waals surface area contributed by atoms with E-state index in [0.717, 1.165) is 103 Å². The minimum absolute atomic E-state index is 0.0771. The van der Waals surface area contributed by atoms with E-state index in [2.05, 4.69) is 106 Å². The molecule has 0 rings (SSSR count). The maximum absolute atomic E-state index is 13.0. The van der Waals surface area contributed by atoms with E-state index in [9.17, 15) is 14.4 Å². The molecule has 0 spiro atoms. The van der Waals surface area contributed by atoms with Gasteiger partial charge in [-0.3, -0.25) is 14.4 Å². The summed E-state index contributed by atoms with van der Waals surface area (Å²) in [4.78, 5) is 38.5. The van der Waals surface area contributed by atoms with Crippen LogP contribution in [0.25, 0.3) is 0 Å². The Morgan fingerprint density at radius 2 is 0.470 bits per heavy atom. The Labute approximate surface area is 515 Å². The normalized spacial score (nSPS) is 12.6. The van der Waals surface area contributed by atoms with Gasteiger partial charge in [-0.25, -0.2) is 0 Å². The number of carbonyl (C=O) groups excluding carboxylic acids is 3. The van der Waals surface area contributed by atoms with Crippen molar-refractivity contribution in [2.45, 2.75) is 374 Å². The highest BCUT2D eigenvalue weighted by atomic mass is 16.6. The van der Waals surface area contributed by atoms with Crippen LogP contribution in [0.1, 0.15) is 367 Å². The average Bonchev–Trinajstić information content (AvgIpc) is 3.49. The van der Waals surface area contributed by atoms with Crippen molar-refractivity contribution in [3.8, 4) is 0 Å². The number of esters is 3. The van der Waals surface area contributed by atoms with Crippen LogP contribution in [-0.4, -0.2) is 37.2 Å². The van der Waals surface area contributed by atoms with Crippen LogP contribution in [-0.2, 0) is 28.6 Å². The van der Waals surface area contributed by atoms with Crippen LogP contribution in [0.15, 0.2) is 85.1 Å². The third-order valence-corrected chi connectivity index (χ3v) is 15.9. The van der Waals surface area contributed by atoms with Crippen molar-refractivity contribution in [1.29, 1.82) is 0 Å². The van der Waals surface area contributed by atoms with Crippen molar-refractivity contribution < 1.29 is 28.6 Å². The van der Waals surface area contributed by atoms with Crippen LogP contribution in [0.5, 0.6) is 0 Å². The molecule has 0 amide bonds. The van der Waals surface area contributed by atoms with Gasteiger partial charge < -0.3 is 14.2 Å². The molecule has 0 aliphatic heterocycles. The predicted molar refractivity (Wildman–Crippen MR) is 362 cm³/mol. The third kappa shape index (κ3) is 69.3. The second kappa shape index (κ2) is 71.1. The van der Waals surface area contributed by atoms with Gasteiger partial charge in [0.05, 0.1) is 0 Å². The van der Waals surface area contributed by atoms with Crippen molar-refractivity contribution >= 4 is 17.9 Å². The van der Waals surface area contributed by atoms with Gasteiger partial charge in [0.15, 0.2) is 6.10 Å². The number of hydrogen-bond donors (Lipinski definition) is 0. The first-order chi connectivity index (χ1) is 41.0. The highest BCUT2D eigenvalue weighted by Gasteiger charge is 2.19. The monoisotopic (exact) mass is 1160 g/mol. The van der Waals surface area contributed by atoms with Gasteiger partial charge in [-0.1, -0.05) is 337 Å². The Morgan fingerprint density at radius 1 is 0.253 bits per heavy atom. The number of ether oxygens (including phenoxy) is 3. The molecular formula is C77H136O6. The Bertz CT molecular complexity index is 1570. The molecule has 0 aliphatic rings. The predicted octanol–water partition coefficient (Wildman–Crippen LogP) is 25.0. The quantitative estimate of drug-likeness (QED) is 0.0261. The standard InChI is InChI=1S/C77H136O6/c1-4-7-10-13-16-19-22-25-28-31-34-36-38-40-43-46-49-52-55-58-61-64-67-70-76(79)82-73-74(72-81-75(78)69-66-63-60-57-54-51-48-45-42-33-30-27-24-21-18-15-12-9-6-3)83-77(80)71-68-65-62-59-56-53-50-47-44-41-39-37-35-32-29-26-23-20-17-14-11-8-5-2/h7,10,16,19,23,25-26,28,32,34-36,39,41,74H,4-6,8-9,11-15,17-18,20-22,24,27,29-31,33,37-38,40,42-73H2,1-3H3/b10-7-,19-16-,26-23-,28-25-,35-32-,36-34-,41-39-. The Kier molecular flexibility index (Phi) is 68.2. The van der Waals surface area contributed by atoms with Crippen molar-refractivity contribution in [2.24, 2.45) is 0 Å². The van der Waals surface area contributed by atoms with E-state index in [-0.39, 0.29) is 31.1 Å². The maximum Gasteiger partial charge on any atom is 0.306 e. The molecule has 6 heteroatoms. The molecule has 0 aromatic rings. The number of unbranched alkanes of at least 4 members (excludes halogenated alkanes) is 41. The van der Waals surface area contributed by atoms with Gasteiger partial charge in [0.1, 0.15) is 13.2 Å². The van der Waals surface area contributed by atoms with Gasteiger partial charge in [0.2, 0.25) is 0 Å². The van der Waals surface area contributed by atoms with E-state index in [4.69, 9.17) is 14.2 Å². The Balaban J connectivity index is 4.38. The summed E-state index contributed by atoms with van der Waals surface area (Å²) in [6.45, 7) is 6.57. The molecule has 0 fully saturated rings. The summed E-state index contributed by atoms with van der Waals surface area (Å²) in [6, 6.07) is 0. The molecule has 0 saturated carbocycles. The summed E-state index contributed by atoms with van der Waals surface area (Å²) in [6.07, 6.45) is 94.6. The van der Waals surface area contributed by atoms with E-state index in [0.29, 0.717) is 19.3 Å². The van der Waals surface area contributed by atoms with E-state index in [1.807, 2.05) is 0 Å². The number of hydrogen-bond acceptors (Lipinski definition) is 6. The van der Waals surface area contributed by atoms with Gasteiger partial charge in [-0.05, 0) is 96.3 Å². The summed E-state index contributed by atoms with van der Waals surface area (Å²) < 4.78 is 17.0. The molecule has 0 saturated heterocycles. The van der Waals surface area contributed by atoms with Gasteiger partial charge in [0.25, 0.3) is 0 Å². The van der Waals surface area contributed by atoms with Crippen LogP contribution in [0.4, 0.5) is 0 Å². The Hall–Kier alpha value is -3.41. The van der Waals surface area contributed by atoms with E-state index in [1.165, 1.54) is 225 Å². The Morgan fingerprint density at radius 3 is 0.735 bits per heavy atom. The number of rotatable bonds is 66. The molecule has 480 valence electrons. The molecule has 0 aliphatic carbocycles. The third-order valence-electron chi connectivity index (χ3n) is 15.9. The van der Waals surface area contributed by atoms with Crippen molar-refractivity contribution in [2.75, 3.05) is 13.2 Å². The molecular weight excluding hydrogens is 1020 g/mol. The van der Waals surface area contributed by atoms with Gasteiger partial charge >= 0.3 is 17.9 Å². The SMILES string of the molecule is CC/C=C\C/C=C\C/C=C\C/C=C\CCCCCCCCCCCCC(=O)OCC(COC(=O)CCCCCCCCCCCCCCCCCCCCC)OC(=O)CCCCCCCCCC/C=C\C/C=C\C/C=C\CCCCCCC. The molecule has 6 nitrogen and oxygen atoms in total. The zero-order valence-electron chi connectivity index (χ0n) is 55.2. The average molecular weight is 1160 g/mol. The number of allylic oxidation sites excluding steroid dienone is 14. The zero-order chi connectivity index (χ0) is 59.9. The van der Waals surface area contributed by atoms with Crippen molar-refractivity contribution in [1.82, 2.24) is 0 Å². The van der Waals surface area contributed by atoms with E-state index >= 15 is 0 Å². The minimum Gasteiger partial charge on any atom is -0.462 e. The zero-order valence-corrected chi connectivity index (χ0v) is 55.2. The van der Waals surface area contributed by atoms with Gasteiger partial charge in [-0.15, -0.1) is 0 Å². The minimum atomic E-state index is -0.784. The fourth-order valence-electron chi connectivity index (χ4n) is 10.5. The smallest absolute Gasteiger partial charge is 0.306 e. The van der Waals surface area contributed by atoms with E-state index in [1.54, 1.807) is 0 Å². The summed E-state index contributed by atoms with van der Waals surface area (Å²) in [7, 11) is 0. The first kappa shape index (κ1) is 79.6. The highest BCUT2D eigenvalue weighted by Crippen LogP contribution is 2.18. The van der Waals surface area contributed by atoms with Crippen LogP contribution < -0.4 is 0 Å². The van der Waals surface area contributed by atoms with E-state index < -0.39 is 6.10 Å². The molecule has 0 radical (unpaired) electrons. The summed E-state index contributed by atoms with van der Waals surface area (Å²) in [5, 5.41) is 0. The van der Waals surface area contributed by atoms with Crippen molar-refractivity contribution in [3.05, 3.63) is 85.1 Å². The largest absolute Gasteiger partial charge is 0.462 e. The molecule has 0 N–H and O–H groups in total. The number of carbonyl (C=O) groups is 3. The second-order valence-corrected chi connectivity index (χ2v) is 24.1. The van der Waals surface area contributed by atoms with Gasteiger partial charge in [0, 0.05) is 19.3 Å². The lowest BCUT2D eigenvalue weighted by Crippen LogP contribution is -2.30. The fraction of sp³-hybridized carbons (Fsp3) is 0.779. The second-order valence-electron chi connectivity index (χ2n) is 24.1. The molecule has 0 heterocycles. The highest BCUT2D eigenvalue weighted by molar-refractivity contribution is 5.71. The van der Waals surface area contributed by atoms with Gasteiger partial charge in [-0.2, -0.15) is 0 Å². The van der Waals surface area contributed by atoms with Crippen LogP contribution >= 0.6 is 0 Å². The summed E-state index contributed by atoms with van der Waals surface area (Å²) in [5.74, 6) is -0.867. The molecule has 0 bridgehead atoms. The van der Waals surface area contributed by atoms with Crippen LogP contribution in [0.2, 0.25) is 0 Å². The van der Waals surface area contributed by atoms with Crippen LogP contribution in [0, 0.1) is 0 Å².